The second-order valence-corrected chi connectivity index (χ2v) is 5.75. The Morgan fingerprint density at radius 1 is 1.09 bits per heavy atom. The summed E-state index contributed by atoms with van der Waals surface area (Å²) in [5, 5.41) is 2.99. The van der Waals surface area contributed by atoms with Crippen LogP contribution in [0.2, 0.25) is 0 Å². The van der Waals surface area contributed by atoms with E-state index >= 15 is 0 Å². The van der Waals surface area contributed by atoms with Crippen LogP contribution in [0.25, 0.3) is 0 Å². The van der Waals surface area contributed by atoms with Crippen LogP contribution in [0.1, 0.15) is 48.5 Å². The molecule has 1 amide bonds. The Kier molecular flexibility index (Phi) is 6.67. The molecular weight excluding hydrogens is 286 g/mol. The molecule has 122 valence electrons. The SMILES string of the molecule is CCCCOc1ccc(C(=O)NC[C@@H](C)c2ccccc2)cc1. The Bertz CT molecular complexity index is 593. The first-order valence-electron chi connectivity index (χ1n) is 8.26. The zero-order valence-electron chi connectivity index (χ0n) is 13.9. The van der Waals surface area contributed by atoms with E-state index in [4.69, 9.17) is 4.74 Å². The quantitative estimate of drug-likeness (QED) is 0.734. The van der Waals surface area contributed by atoms with Crippen molar-refractivity contribution in [3.05, 3.63) is 65.7 Å². The van der Waals surface area contributed by atoms with Gasteiger partial charge in [0.2, 0.25) is 0 Å². The van der Waals surface area contributed by atoms with Crippen LogP contribution in [0.15, 0.2) is 54.6 Å². The molecule has 0 aliphatic rings. The third kappa shape index (κ3) is 5.44. The monoisotopic (exact) mass is 311 g/mol. The zero-order valence-corrected chi connectivity index (χ0v) is 13.9. The minimum absolute atomic E-state index is 0.0483. The lowest BCUT2D eigenvalue weighted by atomic mass is 10.0. The first-order valence-corrected chi connectivity index (χ1v) is 8.26. The number of ether oxygens (including phenoxy) is 1. The van der Waals surface area contributed by atoms with Gasteiger partial charge in [0.1, 0.15) is 5.75 Å². The molecule has 0 unspecified atom stereocenters. The minimum Gasteiger partial charge on any atom is -0.494 e. The van der Waals surface area contributed by atoms with Crippen molar-refractivity contribution in [2.45, 2.75) is 32.6 Å². The molecule has 0 bridgehead atoms. The molecule has 0 aliphatic carbocycles. The van der Waals surface area contributed by atoms with E-state index in [0.29, 0.717) is 12.1 Å². The van der Waals surface area contributed by atoms with Gasteiger partial charge >= 0.3 is 0 Å². The summed E-state index contributed by atoms with van der Waals surface area (Å²) in [7, 11) is 0. The fourth-order valence-electron chi connectivity index (χ4n) is 2.28. The Labute approximate surface area is 138 Å². The molecule has 2 rings (SSSR count). The highest BCUT2D eigenvalue weighted by atomic mass is 16.5. The molecular formula is C20H25NO2. The van der Waals surface area contributed by atoms with Crippen molar-refractivity contribution in [1.82, 2.24) is 5.32 Å². The lowest BCUT2D eigenvalue weighted by molar-refractivity contribution is 0.0951. The van der Waals surface area contributed by atoms with Gasteiger partial charge in [-0.3, -0.25) is 4.79 Å². The zero-order chi connectivity index (χ0) is 16.5. The fourth-order valence-corrected chi connectivity index (χ4v) is 2.28. The average Bonchev–Trinajstić information content (AvgIpc) is 2.61. The van der Waals surface area contributed by atoms with Crippen LogP contribution in [0.5, 0.6) is 5.75 Å². The number of hydrogen-bond donors (Lipinski definition) is 1. The summed E-state index contributed by atoms with van der Waals surface area (Å²) in [5.74, 6) is 1.05. The van der Waals surface area contributed by atoms with Crippen molar-refractivity contribution in [2.24, 2.45) is 0 Å². The van der Waals surface area contributed by atoms with Crippen LogP contribution < -0.4 is 10.1 Å². The van der Waals surface area contributed by atoms with Gasteiger partial charge in [0, 0.05) is 12.1 Å². The van der Waals surface area contributed by atoms with E-state index in [1.54, 1.807) is 0 Å². The third-order valence-electron chi connectivity index (χ3n) is 3.82. The van der Waals surface area contributed by atoms with Gasteiger partial charge in [0.15, 0.2) is 0 Å². The summed E-state index contributed by atoms with van der Waals surface area (Å²) < 4.78 is 5.61. The minimum atomic E-state index is -0.0483. The van der Waals surface area contributed by atoms with E-state index in [-0.39, 0.29) is 11.8 Å². The van der Waals surface area contributed by atoms with Gasteiger partial charge in [-0.25, -0.2) is 0 Å². The molecule has 0 saturated carbocycles. The van der Waals surface area contributed by atoms with Crippen LogP contribution in [0.3, 0.4) is 0 Å². The maximum atomic E-state index is 12.2. The van der Waals surface area contributed by atoms with E-state index < -0.39 is 0 Å². The molecule has 1 atom stereocenters. The average molecular weight is 311 g/mol. The number of unbranched alkanes of at least 4 members (excludes halogenated alkanes) is 1. The van der Waals surface area contributed by atoms with Gasteiger partial charge in [-0.05, 0) is 42.2 Å². The standard InChI is InChI=1S/C20H25NO2/c1-3-4-14-23-19-12-10-18(11-13-19)20(22)21-15-16(2)17-8-6-5-7-9-17/h5-13,16H,3-4,14-15H2,1-2H3,(H,21,22)/t16-/m1/s1. The number of nitrogens with one attached hydrogen (secondary N) is 1. The highest BCUT2D eigenvalue weighted by molar-refractivity contribution is 5.94. The number of carbonyl (C=O) groups is 1. The lowest BCUT2D eigenvalue weighted by Crippen LogP contribution is -2.27. The summed E-state index contributed by atoms with van der Waals surface area (Å²) in [5.41, 5.74) is 1.89. The van der Waals surface area contributed by atoms with Crippen LogP contribution >= 0.6 is 0 Å². The van der Waals surface area contributed by atoms with Crippen molar-refractivity contribution in [1.29, 1.82) is 0 Å². The Morgan fingerprint density at radius 2 is 1.78 bits per heavy atom. The van der Waals surface area contributed by atoms with Crippen LogP contribution in [-0.2, 0) is 0 Å². The van der Waals surface area contributed by atoms with Gasteiger partial charge < -0.3 is 10.1 Å². The number of amides is 1. The van der Waals surface area contributed by atoms with Crippen LogP contribution in [-0.4, -0.2) is 19.1 Å². The van der Waals surface area contributed by atoms with E-state index in [1.807, 2.05) is 42.5 Å². The van der Waals surface area contributed by atoms with Gasteiger partial charge in [-0.15, -0.1) is 0 Å². The van der Waals surface area contributed by atoms with E-state index in [9.17, 15) is 4.79 Å². The van der Waals surface area contributed by atoms with E-state index in [0.717, 1.165) is 25.2 Å². The van der Waals surface area contributed by atoms with Gasteiger partial charge in [-0.1, -0.05) is 50.6 Å². The van der Waals surface area contributed by atoms with E-state index in [1.165, 1.54) is 5.56 Å². The molecule has 2 aromatic carbocycles. The van der Waals surface area contributed by atoms with E-state index in [2.05, 4.69) is 31.3 Å². The summed E-state index contributed by atoms with van der Waals surface area (Å²) in [6.07, 6.45) is 2.15. The maximum absolute atomic E-state index is 12.2. The van der Waals surface area contributed by atoms with Crippen molar-refractivity contribution >= 4 is 5.91 Å². The smallest absolute Gasteiger partial charge is 0.251 e. The highest BCUT2D eigenvalue weighted by Crippen LogP contribution is 2.15. The molecule has 0 spiro atoms. The molecule has 0 fully saturated rings. The normalized spacial score (nSPS) is 11.7. The van der Waals surface area contributed by atoms with Crippen molar-refractivity contribution in [3.63, 3.8) is 0 Å². The summed E-state index contributed by atoms with van der Waals surface area (Å²) >= 11 is 0. The summed E-state index contributed by atoms with van der Waals surface area (Å²) in [4.78, 5) is 12.2. The molecule has 0 saturated heterocycles. The van der Waals surface area contributed by atoms with Gasteiger partial charge in [-0.2, -0.15) is 0 Å². The number of carbonyl (C=O) groups excluding carboxylic acids is 1. The first kappa shape index (κ1) is 17.1. The molecule has 0 aromatic heterocycles. The van der Waals surface area contributed by atoms with Crippen molar-refractivity contribution in [3.8, 4) is 5.75 Å². The van der Waals surface area contributed by atoms with Crippen LogP contribution in [0, 0.1) is 0 Å². The Balaban J connectivity index is 1.83. The molecule has 3 heteroatoms. The number of rotatable bonds is 8. The summed E-state index contributed by atoms with van der Waals surface area (Å²) in [6.45, 7) is 5.59. The highest BCUT2D eigenvalue weighted by Gasteiger charge is 2.09. The fraction of sp³-hybridized carbons (Fsp3) is 0.350. The topological polar surface area (TPSA) is 38.3 Å². The van der Waals surface area contributed by atoms with Crippen molar-refractivity contribution < 1.29 is 9.53 Å². The molecule has 0 heterocycles. The first-order chi connectivity index (χ1) is 11.2. The number of hydrogen-bond acceptors (Lipinski definition) is 2. The predicted molar refractivity (Wildman–Crippen MR) is 94.0 cm³/mol. The van der Waals surface area contributed by atoms with Gasteiger partial charge in [0.05, 0.1) is 6.61 Å². The molecule has 0 aliphatic heterocycles. The lowest BCUT2D eigenvalue weighted by Gasteiger charge is -2.13. The maximum Gasteiger partial charge on any atom is 0.251 e. The molecule has 2 aromatic rings. The van der Waals surface area contributed by atoms with Crippen LogP contribution in [0.4, 0.5) is 0 Å². The molecule has 3 nitrogen and oxygen atoms in total. The Hall–Kier alpha value is -2.29. The second kappa shape index (κ2) is 8.99. The molecule has 23 heavy (non-hydrogen) atoms. The largest absolute Gasteiger partial charge is 0.494 e. The Morgan fingerprint density at radius 3 is 2.43 bits per heavy atom. The number of benzene rings is 2. The molecule has 0 radical (unpaired) electrons. The van der Waals surface area contributed by atoms with Crippen molar-refractivity contribution in [2.75, 3.05) is 13.2 Å². The van der Waals surface area contributed by atoms with Gasteiger partial charge in [0.25, 0.3) is 5.91 Å². The molecule has 1 N–H and O–H groups in total. The third-order valence-corrected chi connectivity index (χ3v) is 3.82. The second-order valence-electron chi connectivity index (χ2n) is 5.75. The summed E-state index contributed by atoms with van der Waals surface area (Å²) in [6, 6.07) is 17.5. The predicted octanol–water partition coefficient (Wildman–Crippen LogP) is 4.40.